The lowest BCUT2D eigenvalue weighted by Crippen LogP contribution is -2.61. The summed E-state index contributed by atoms with van der Waals surface area (Å²) in [6.45, 7) is 4.31. The molecule has 2 rings (SSSR count). The molecule has 0 radical (unpaired) electrons. The van der Waals surface area contributed by atoms with Crippen LogP contribution in [-0.2, 0) is 0 Å². The number of nitrogens with zero attached hydrogens (tertiary/aromatic N) is 1. The summed E-state index contributed by atoms with van der Waals surface area (Å²) in [5, 5.41) is 0.597. The van der Waals surface area contributed by atoms with Crippen molar-refractivity contribution in [2.24, 2.45) is 11.1 Å². The first-order valence-electron chi connectivity index (χ1n) is 5.59. The zero-order chi connectivity index (χ0) is 11.8. The Morgan fingerprint density at radius 2 is 2.38 bits per heavy atom. The molecule has 1 aromatic rings. The van der Waals surface area contributed by atoms with Crippen LogP contribution in [0.4, 0.5) is 0 Å². The molecule has 0 amide bonds. The molecule has 1 saturated carbocycles. The van der Waals surface area contributed by atoms with Gasteiger partial charge in [0.15, 0.2) is 0 Å². The molecule has 0 spiro atoms. The Balaban J connectivity index is 2.06. The summed E-state index contributed by atoms with van der Waals surface area (Å²) in [7, 11) is 0. The Hall–Kier alpha value is -0.800. The summed E-state index contributed by atoms with van der Waals surface area (Å²) in [6, 6.07) is 2.02. The molecule has 88 valence electrons. The lowest BCUT2D eigenvalue weighted by Gasteiger charge is -2.51. The minimum atomic E-state index is 0.0717. The van der Waals surface area contributed by atoms with E-state index in [4.69, 9.17) is 22.1 Å². The predicted octanol–water partition coefficient (Wildman–Crippen LogP) is 2.63. The Labute approximate surface area is 101 Å². The van der Waals surface area contributed by atoms with Crippen LogP contribution in [0.25, 0.3) is 0 Å². The van der Waals surface area contributed by atoms with Crippen molar-refractivity contribution in [3.63, 3.8) is 0 Å². The number of halogens is 1. The molecule has 0 saturated heterocycles. The molecule has 0 aromatic carbocycles. The Bertz CT molecular complexity index is 385. The third-order valence-corrected chi connectivity index (χ3v) is 3.98. The first-order valence-corrected chi connectivity index (χ1v) is 5.97. The molecule has 1 heterocycles. The molecular weight excluding hydrogens is 224 g/mol. The Kier molecular flexibility index (Phi) is 3.08. The van der Waals surface area contributed by atoms with Gasteiger partial charge in [-0.2, -0.15) is 0 Å². The van der Waals surface area contributed by atoms with Gasteiger partial charge in [-0.3, -0.25) is 4.98 Å². The monoisotopic (exact) mass is 240 g/mol. The third kappa shape index (κ3) is 1.89. The van der Waals surface area contributed by atoms with E-state index in [2.05, 4.69) is 18.8 Å². The zero-order valence-corrected chi connectivity index (χ0v) is 10.4. The van der Waals surface area contributed by atoms with Gasteiger partial charge >= 0.3 is 0 Å². The van der Waals surface area contributed by atoms with E-state index in [9.17, 15) is 0 Å². The summed E-state index contributed by atoms with van der Waals surface area (Å²) in [5.74, 6) is 0.726. The maximum atomic E-state index is 6.02. The molecule has 1 aliphatic carbocycles. The topological polar surface area (TPSA) is 48.1 Å². The molecule has 1 aromatic heterocycles. The van der Waals surface area contributed by atoms with E-state index >= 15 is 0 Å². The van der Waals surface area contributed by atoms with E-state index < -0.39 is 0 Å². The predicted molar refractivity (Wildman–Crippen MR) is 64.7 cm³/mol. The summed E-state index contributed by atoms with van der Waals surface area (Å²) >= 11 is 5.86. The van der Waals surface area contributed by atoms with Crippen molar-refractivity contribution in [3.05, 3.63) is 23.5 Å². The number of ether oxygens (including phenoxy) is 1. The van der Waals surface area contributed by atoms with Crippen LogP contribution < -0.4 is 10.5 Å². The quantitative estimate of drug-likeness (QED) is 0.884. The molecule has 2 N–H and O–H groups in total. The van der Waals surface area contributed by atoms with Crippen molar-refractivity contribution < 1.29 is 4.74 Å². The van der Waals surface area contributed by atoms with Gasteiger partial charge in [0.1, 0.15) is 11.9 Å². The van der Waals surface area contributed by atoms with Gasteiger partial charge in [0.05, 0.1) is 11.2 Å². The minimum Gasteiger partial charge on any atom is -0.488 e. The maximum absolute atomic E-state index is 6.02. The van der Waals surface area contributed by atoms with Gasteiger partial charge in [0, 0.05) is 30.1 Å². The lowest BCUT2D eigenvalue weighted by atomic mass is 9.62. The molecular formula is C12H17ClN2O. The maximum Gasteiger partial charge on any atom is 0.139 e. The highest BCUT2D eigenvalue weighted by molar-refractivity contribution is 6.30. The second-order valence-electron chi connectivity index (χ2n) is 4.65. The number of aromatic nitrogens is 1. The third-order valence-electron chi connectivity index (χ3n) is 3.77. The lowest BCUT2D eigenvalue weighted by molar-refractivity contribution is -0.0561. The number of hydrogen-bond donors (Lipinski definition) is 1. The van der Waals surface area contributed by atoms with Crippen molar-refractivity contribution >= 4 is 11.6 Å². The van der Waals surface area contributed by atoms with E-state index in [1.807, 2.05) is 0 Å². The molecule has 0 aliphatic heterocycles. The molecule has 1 aliphatic rings. The molecule has 3 nitrogen and oxygen atoms in total. The van der Waals surface area contributed by atoms with E-state index in [-0.39, 0.29) is 17.6 Å². The van der Waals surface area contributed by atoms with Crippen LogP contribution in [0.3, 0.4) is 0 Å². The normalized spacial score (nSPS) is 33.2. The van der Waals surface area contributed by atoms with E-state index in [1.165, 1.54) is 0 Å². The van der Waals surface area contributed by atoms with Crippen molar-refractivity contribution in [3.8, 4) is 5.75 Å². The fourth-order valence-electron chi connectivity index (χ4n) is 2.14. The molecule has 3 atom stereocenters. The first-order chi connectivity index (χ1) is 7.56. The van der Waals surface area contributed by atoms with Gasteiger partial charge in [-0.05, 0) is 6.42 Å². The van der Waals surface area contributed by atoms with Crippen molar-refractivity contribution in [2.75, 3.05) is 0 Å². The molecule has 16 heavy (non-hydrogen) atoms. The first kappa shape index (κ1) is 11.7. The number of pyridine rings is 1. The summed E-state index contributed by atoms with van der Waals surface area (Å²) in [6.07, 6.45) is 5.38. The van der Waals surface area contributed by atoms with Crippen molar-refractivity contribution in [2.45, 2.75) is 38.8 Å². The minimum absolute atomic E-state index is 0.0717. The number of nitrogens with two attached hydrogens (primary N) is 1. The van der Waals surface area contributed by atoms with Crippen LogP contribution in [0.5, 0.6) is 5.75 Å². The van der Waals surface area contributed by atoms with Gasteiger partial charge in [0.2, 0.25) is 0 Å². The second kappa shape index (κ2) is 4.22. The van der Waals surface area contributed by atoms with E-state index in [0.717, 1.165) is 18.6 Å². The van der Waals surface area contributed by atoms with Gasteiger partial charge in [0.25, 0.3) is 0 Å². The second-order valence-corrected chi connectivity index (χ2v) is 5.08. The van der Waals surface area contributed by atoms with Crippen LogP contribution in [-0.4, -0.2) is 17.1 Å². The largest absolute Gasteiger partial charge is 0.488 e. The SMILES string of the molecule is CCC1(C)C(N)CC1Oc1cncc(Cl)c1. The average Bonchev–Trinajstić information content (AvgIpc) is 2.27. The zero-order valence-electron chi connectivity index (χ0n) is 9.61. The fraction of sp³-hybridized carbons (Fsp3) is 0.583. The standard InChI is InChI=1S/C12H17ClN2O/c1-3-12(2)10(14)5-11(12)16-9-4-8(13)6-15-7-9/h4,6-7,10-11H,3,5,14H2,1-2H3. The molecule has 3 unspecified atom stereocenters. The number of hydrogen-bond acceptors (Lipinski definition) is 3. The molecule has 4 heteroatoms. The van der Waals surface area contributed by atoms with E-state index in [1.54, 1.807) is 18.5 Å². The van der Waals surface area contributed by atoms with Crippen LogP contribution in [0.2, 0.25) is 5.02 Å². The summed E-state index contributed by atoms with van der Waals surface area (Å²) < 4.78 is 5.88. The summed E-state index contributed by atoms with van der Waals surface area (Å²) in [4.78, 5) is 4.00. The van der Waals surface area contributed by atoms with Crippen molar-refractivity contribution in [1.29, 1.82) is 0 Å². The van der Waals surface area contributed by atoms with Crippen LogP contribution >= 0.6 is 11.6 Å². The van der Waals surface area contributed by atoms with Crippen LogP contribution in [0.1, 0.15) is 26.7 Å². The summed E-state index contributed by atoms with van der Waals surface area (Å²) in [5.41, 5.74) is 6.09. The Morgan fingerprint density at radius 3 is 2.94 bits per heavy atom. The van der Waals surface area contributed by atoms with Crippen LogP contribution in [0.15, 0.2) is 18.5 Å². The van der Waals surface area contributed by atoms with E-state index in [0.29, 0.717) is 5.02 Å². The van der Waals surface area contributed by atoms with Gasteiger partial charge < -0.3 is 10.5 Å². The number of rotatable bonds is 3. The van der Waals surface area contributed by atoms with Gasteiger partial charge in [-0.1, -0.05) is 25.4 Å². The van der Waals surface area contributed by atoms with Gasteiger partial charge in [-0.15, -0.1) is 0 Å². The van der Waals surface area contributed by atoms with Crippen LogP contribution in [0, 0.1) is 5.41 Å². The highest BCUT2D eigenvalue weighted by Crippen LogP contribution is 2.44. The fourth-order valence-corrected chi connectivity index (χ4v) is 2.30. The van der Waals surface area contributed by atoms with Gasteiger partial charge in [-0.25, -0.2) is 0 Å². The highest BCUT2D eigenvalue weighted by atomic mass is 35.5. The highest BCUT2D eigenvalue weighted by Gasteiger charge is 2.50. The molecule has 0 bridgehead atoms. The Morgan fingerprint density at radius 1 is 1.62 bits per heavy atom. The molecule has 1 fully saturated rings. The average molecular weight is 241 g/mol. The smallest absolute Gasteiger partial charge is 0.139 e. The van der Waals surface area contributed by atoms with Crippen molar-refractivity contribution in [1.82, 2.24) is 4.98 Å².